The molecule has 1 fully saturated rings. The van der Waals surface area contributed by atoms with Crippen LogP contribution < -0.4 is 10.2 Å². The van der Waals surface area contributed by atoms with Crippen LogP contribution in [0, 0.1) is 21.4 Å². The smallest absolute Gasteiger partial charge is 0.270 e. The number of aliphatic imine (C=N–C) groups is 1. The highest BCUT2D eigenvalue weighted by Crippen LogP contribution is 2.51. The van der Waals surface area contributed by atoms with Gasteiger partial charge in [0.1, 0.15) is 4.91 Å². The Morgan fingerprint density at radius 2 is 1.89 bits per heavy atom. The van der Waals surface area contributed by atoms with Crippen LogP contribution in [0.25, 0.3) is 0 Å². The molecule has 3 aromatic rings. The molecule has 0 aromatic heterocycles. The maximum Gasteiger partial charge on any atom is 0.270 e. The van der Waals surface area contributed by atoms with E-state index in [0.29, 0.717) is 44.3 Å². The van der Waals surface area contributed by atoms with Crippen molar-refractivity contribution in [1.29, 1.82) is 5.26 Å². The minimum atomic E-state index is -0.426. The molecule has 0 atom stereocenters. The van der Waals surface area contributed by atoms with E-state index in [2.05, 4.69) is 11.4 Å². The van der Waals surface area contributed by atoms with Crippen LogP contribution in [0.1, 0.15) is 18.1 Å². The molecular formula is C27H22N6O3S2. The minimum Gasteiger partial charge on any atom is -0.384 e. The van der Waals surface area contributed by atoms with Crippen LogP contribution >= 0.6 is 23.5 Å². The van der Waals surface area contributed by atoms with Crippen molar-refractivity contribution in [1.82, 2.24) is 4.90 Å². The van der Waals surface area contributed by atoms with Crippen molar-refractivity contribution in [3.8, 4) is 6.07 Å². The van der Waals surface area contributed by atoms with Gasteiger partial charge in [-0.2, -0.15) is 5.26 Å². The maximum absolute atomic E-state index is 13.9. The highest BCUT2D eigenvalue weighted by molar-refractivity contribution is 8.19. The Bertz CT molecular complexity index is 1550. The number of nitrogens with one attached hydrogen (secondary N) is 1. The third kappa shape index (κ3) is 4.83. The first-order valence-electron chi connectivity index (χ1n) is 11.7. The summed E-state index contributed by atoms with van der Waals surface area (Å²) >= 11 is 2.60. The van der Waals surface area contributed by atoms with Crippen LogP contribution in [0.4, 0.5) is 22.7 Å². The Labute approximate surface area is 228 Å². The SMILES string of the molecule is CCNc1ccc(C#N)cc1N=C1SC(=C2Sc3cc([N+](=O)[O-])ccc3N2C)C(=O)N1Cc1ccccc1. The molecule has 3 aromatic carbocycles. The fourth-order valence-electron chi connectivity index (χ4n) is 4.12. The van der Waals surface area contributed by atoms with Crippen LogP contribution in [0.2, 0.25) is 0 Å². The summed E-state index contributed by atoms with van der Waals surface area (Å²) < 4.78 is 0. The number of nitriles is 1. The lowest BCUT2D eigenvalue weighted by molar-refractivity contribution is -0.385. The molecule has 1 amide bonds. The summed E-state index contributed by atoms with van der Waals surface area (Å²) in [4.78, 5) is 34.3. The summed E-state index contributed by atoms with van der Waals surface area (Å²) in [5.74, 6) is -0.198. The van der Waals surface area contributed by atoms with Gasteiger partial charge in [0, 0.05) is 30.6 Å². The number of amidine groups is 1. The molecular weight excluding hydrogens is 520 g/mol. The molecule has 0 saturated carbocycles. The van der Waals surface area contributed by atoms with Gasteiger partial charge in [0.2, 0.25) is 0 Å². The molecule has 2 aliphatic heterocycles. The van der Waals surface area contributed by atoms with Crippen molar-refractivity contribution < 1.29 is 9.72 Å². The van der Waals surface area contributed by atoms with E-state index < -0.39 is 4.92 Å². The van der Waals surface area contributed by atoms with Gasteiger partial charge in [-0.25, -0.2) is 4.99 Å². The Hall–Kier alpha value is -4.27. The topological polar surface area (TPSA) is 115 Å². The molecule has 1 saturated heterocycles. The summed E-state index contributed by atoms with van der Waals surface area (Å²) in [5, 5.41) is 25.2. The van der Waals surface area contributed by atoms with Crippen LogP contribution in [-0.2, 0) is 11.3 Å². The number of nitro benzene ring substituents is 1. The summed E-state index contributed by atoms with van der Waals surface area (Å²) in [7, 11) is 1.84. The molecule has 9 nitrogen and oxygen atoms in total. The van der Waals surface area contributed by atoms with Gasteiger partial charge in [0.05, 0.1) is 45.2 Å². The Morgan fingerprint density at radius 1 is 1.11 bits per heavy atom. The number of nitrogens with zero attached hydrogens (tertiary/aromatic N) is 5. The van der Waals surface area contributed by atoms with Crippen LogP contribution in [-0.4, -0.2) is 34.5 Å². The Morgan fingerprint density at radius 3 is 2.61 bits per heavy atom. The second-order valence-electron chi connectivity index (χ2n) is 8.45. The molecule has 5 rings (SSSR count). The normalized spacial score (nSPS) is 17.6. The molecule has 0 spiro atoms. The number of nitro groups is 1. The van der Waals surface area contributed by atoms with Gasteiger partial charge in [-0.3, -0.25) is 19.8 Å². The first-order valence-corrected chi connectivity index (χ1v) is 13.4. The Balaban J connectivity index is 1.59. The number of benzene rings is 3. The minimum absolute atomic E-state index is 0.00239. The van der Waals surface area contributed by atoms with Gasteiger partial charge in [-0.05, 0) is 48.5 Å². The maximum atomic E-state index is 13.9. The zero-order chi connectivity index (χ0) is 26.8. The number of thioether (sulfide) groups is 2. The molecule has 38 heavy (non-hydrogen) atoms. The average molecular weight is 543 g/mol. The van der Waals surface area contributed by atoms with E-state index >= 15 is 0 Å². The van der Waals surface area contributed by atoms with Crippen molar-refractivity contribution in [2.45, 2.75) is 18.4 Å². The van der Waals surface area contributed by atoms with E-state index in [0.717, 1.165) is 16.9 Å². The zero-order valence-electron chi connectivity index (χ0n) is 20.5. The van der Waals surface area contributed by atoms with Crippen LogP contribution in [0.5, 0.6) is 0 Å². The quantitative estimate of drug-likeness (QED) is 0.227. The van der Waals surface area contributed by atoms with Crippen molar-refractivity contribution in [3.05, 3.63) is 97.9 Å². The van der Waals surface area contributed by atoms with Crippen molar-refractivity contribution >= 4 is 57.3 Å². The number of anilines is 2. The number of rotatable bonds is 6. The van der Waals surface area contributed by atoms with Gasteiger partial charge in [-0.15, -0.1) is 0 Å². The fraction of sp³-hybridized carbons (Fsp3) is 0.148. The summed E-state index contributed by atoms with van der Waals surface area (Å²) in [5.41, 5.74) is 3.55. The number of fused-ring (bicyclic) bond motifs is 1. The molecule has 1 N–H and O–H groups in total. The van der Waals surface area contributed by atoms with E-state index in [4.69, 9.17) is 4.99 Å². The van der Waals surface area contributed by atoms with Crippen molar-refractivity contribution in [2.75, 3.05) is 23.8 Å². The lowest BCUT2D eigenvalue weighted by Gasteiger charge is -2.17. The number of hydrogen-bond donors (Lipinski definition) is 1. The molecule has 0 unspecified atom stereocenters. The predicted octanol–water partition coefficient (Wildman–Crippen LogP) is 6.07. The largest absolute Gasteiger partial charge is 0.384 e. The first kappa shape index (κ1) is 25.4. The fourth-order valence-corrected chi connectivity index (χ4v) is 6.48. The zero-order valence-corrected chi connectivity index (χ0v) is 22.2. The lowest BCUT2D eigenvalue weighted by Crippen LogP contribution is -2.29. The summed E-state index contributed by atoms with van der Waals surface area (Å²) in [6.45, 7) is 2.97. The molecule has 11 heteroatoms. The van der Waals surface area contributed by atoms with Gasteiger partial charge >= 0.3 is 0 Å². The van der Waals surface area contributed by atoms with E-state index in [1.165, 1.54) is 35.7 Å². The highest BCUT2D eigenvalue weighted by atomic mass is 32.2. The Kier molecular flexibility index (Phi) is 7.09. The lowest BCUT2D eigenvalue weighted by atomic mass is 10.2. The third-order valence-electron chi connectivity index (χ3n) is 5.98. The molecule has 2 heterocycles. The van der Waals surface area contributed by atoms with Gasteiger partial charge in [0.25, 0.3) is 11.6 Å². The van der Waals surface area contributed by atoms with Crippen molar-refractivity contribution in [2.24, 2.45) is 4.99 Å². The van der Waals surface area contributed by atoms with E-state index in [-0.39, 0.29) is 11.6 Å². The number of amides is 1. The number of hydrogen-bond acceptors (Lipinski definition) is 9. The first-order chi connectivity index (χ1) is 18.4. The second-order valence-corrected chi connectivity index (χ2v) is 10.5. The van der Waals surface area contributed by atoms with Crippen molar-refractivity contribution in [3.63, 3.8) is 0 Å². The summed E-state index contributed by atoms with van der Waals surface area (Å²) in [6.07, 6.45) is 0. The monoisotopic (exact) mass is 542 g/mol. The van der Waals surface area contributed by atoms with E-state index in [9.17, 15) is 20.2 Å². The van der Waals surface area contributed by atoms with E-state index in [1.54, 1.807) is 23.1 Å². The molecule has 0 aliphatic carbocycles. The molecule has 0 bridgehead atoms. The van der Waals surface area contributed by atoms with Gasteiger partial charge in [0.15, 0.2) is 5.17 Å². The number of non-ortho nitro benzene ring substituents is 1. The van der Waals surface area contributed by atoms with Crippen LogP contribution in [0.3, 0.4) is 0 Å². The third-order valence-corrected chi connectivity index (χ3v) is 8.39. The number of carbonyl (C=O) groups is 1. The van der Waals surface area contributed by atoms with Crippen LogP contribution in [0.15, 0.2) is 86.6 Å². The second kappa shape index (κ2) is 10.6. The standard InChI is InChI=1S/C27H22N6O3S2/c1-3-29-20-11-9-18(15-28)13-21(20)30-27-32(16-17-7-5-4-6-8-17)25(34)24(38-27)26-31(2)22-12-10-19(33(35)36)14-23(22)37-26/h4-14,29H,3,16H2,1-2H3. The summed E-state index contributed by atoms with van der Waals surface area (Å²) in [6, 6.07) is 21.7. The molecule has 2 aliphatic rings. The predicted molar refractivity (Wildman–Crippen MR) is 151 cm³/mol. The highest BCUT2D eigenvalue weighted by Gasteiger charge is 2.39. The van der Waals surface area contributed by atoms with Gasteiger partial charge < -0.3 is 10.2 Å². The average Bonchev–Trinajstić information content (AvgIpc) is 3.41. The number of carbonyl (C=O) groups excluding carboxylic acids is 1. The van der Waals surface area contributed by atoms with E-state index in [1.807, 2.05) is 55.3 Å². The van der Waals surface area contributed by atoms with Gasteiger partial charge in [-0.1, -0.05) is 42.1 Å². The molecule has 0 radical (unpaired) electrons. The molecule has 190 valence electrons.